The summed E-state index contributed by atoms with van der Waals surface area (Å²) < 4.78 is 1.34. The van der Waals surface area contributed by atoms with Gasteiger partial charge >= 0.3 is 5.69 Å². The molecule has 3 N–H and O–H groups in total. The molecule has 0 aliphatic rings. The molecule has 0 unspecified atom stereocenters. The molecule has 0 bridgehead atoms. The third kappa shape index (κ3) is 1.60. The highest BCUT2D eigenvalue weighted by Gasteiger charge is 2.00. The molecular weight excluding hydrogens is 184 g/mol. The second kappa shape index (κ2) is 3.29. The van der Waals surface area contributed by atoms with Crippen LogP contribution in [0.15, 0.2) is 23.6 Å². The average Bonchev–Trinajstić information content (AvgIpc) is 2.62. The molecule has 0 spiro atoms. The van der Waals surface area contributed by atoms with E-state index in [1.54, 1.807) is 12.5 Å². The lowest BCUT2D eigenvalue weighted by atomic mass is 10.5. The van der Waals surface area contributed by atoms with E-state index in [4.69, 9.17) is 5.73 Å². The van der Waals surface area contributed by atoms with Gasteiger partial charge in [0, 0.05) is 6.20 Å². The Morgan fingerprint density at radius 3 is 3.07 bits per heavy atom. The van der Waals surface area contributed by atoms with E-state index in [1.807, 2.05) is 0 Å². The number of anilines is 1. The van der Waals surface area contributed by atoms with Gasteiger partial charge in [-0.2, -0.15) is 4.98 Å². The third-order valence-corrected chi connectivity index (χ3v) is 1.68. The molecule has 0 fully saturated rings. The number of imidazole rings is 1. The quantitative estimate of drug-likeness (QED) is 0.634. The molecule has 2 rings (SSSR count). The zero-order valence-electron chi connectivity index (χ0n) is 7.21. The van der Waals surface area contributed by atoms with Gasteiger partial charge in [0.05, 0.1) is 18.6 Å². The standard InChI is InChI=1S/C7H8N6O/c8-6-11-4-13(7(14)12-6)2-5-1-9-3-10-5/h1,3-4H,2H2,(H,9,10)(H2,8,12,14). The Morgan fingerprint density at radius 1 is 1.57 bits per heavy atom. The van der Waals surface area contributed by atoms with Crippen LogP contribution in [0.5, 0.6) is 0 Å². The number of aromatic amines is 1. The van der Waals surface area contributed by atoms with Gasteiger partial charge < -0.3 is 10.7 Å². The van der Waals surface area contributed by atoms with Crippen LogP contribution in [0.4, 0.5) is 5.95 Å². The molecule has 72 valence electrons. The minimum atomic E-state index is -0.424. The molecule has 14 heavy (non-hydrogen) atoms. The zero-order valence-corrected chi connectivity index (χ0v) is 7.21. The van der Waals surface area contributed by atoms with Gasteiger partial charge in [-0.05, 0) is 0 Å². The third-order valence-electron chi connectivity index (χ3n) is 1.68. The fourth-order valence-electron chi connectivity index (χ4n) is 1.03. The first kappa shape index (κ1) is 8.42. The molecular formula is C7H8N6O. The maximum Gasteiger partial charge on any atom is 0.352 e. The molecule has 7 heteroatoms. The summed E-state index contributed by atoms with van der Waals surface area (Å²) in [6.07, 6.45) is 4.52. The minimum absolute atomic E-state index is 0.0177. The van der Waals surface area contributed by atoms with Crippen LogP contribution < -0.4 is 11.4 Å². The highest BCUT2D eigenvalue weighted by Crippen LogP contribution is 1.93. The normalized spacial score (nSPS) is 10.3. The van der Waals surface area contributed by atoms with Crippen molar-refractivity contribution >= 4 is 5.95 Å². The van der Waals surface area contributed by atoms with E-state index in [0.29, 0.717) is 6.54 Å². The van der Waals surface area contributed by atoms with E-state index in [0.717, 1.165) is 5.69 Å². The van der Waals surface area contributed by atoms with Crippen LogP contribution >= 0.6 is 0 Å². The number of nitrogens with one attached hydrogen (secondary N) is 1. The number of nitrogens with two attached hydrogens (primary N) is 1. The Morgan fingerprint density at radius 2 is 2.43 bits per heavy atom. The molecule has 0 saturated carbocycles. The van der Waals surface area contributed by atoms with Gasteiger partial charge in [-0.1, -0.05) is 0 Å². The monoisotopic (exact) mass is 192 g/mol. The highest BCUT2D eigenvalue weighted by molar-refractivity contribution is 5.10. The molecule has 0 atom stereocenters. The van der Waals surface area contributed by atoms with Crippen molar-refractivity contribution in [1.82, 2.24) is 24.5 Å². The summed E-state index contributed by atoms with van der Waals surface area (Å²) in [7, 11) is 0. The van der Waals surface area contributed by atoms with Crippen molar-refractivity contribution in [2.45, 2.75) is 6.54 Å². The first-order valence-corrected chi connectivity index (χ1v) is 3.92. The number of rotatable bonds is 2. The first-order chi connectivity index (χ1) is 6.75. The van der Waals surface area contributed by atoms with E-state index in [9.17, 15) is 4.79 Å². The molecule has 7 nitrogen and oxygen atoms in total. The van der Waals surface area contributed by atoms with Crippen molar-refractivity contribution in [3.63, 3.8) is 0 Å². The van der Waals surface area contributed by atoms with E-state index >= 15 is 0 Å². The van der Waals surface area contributed by atoms with Crippen LogP contribution in [-0.4, -0.2) is 24.5 Å². The Labute approximate surface area is 78.7 Å². The largest absolute Gasteiger partial charge is 0.368 e. The van der Waals surface area contributed by atoms with Crippen molar-refractivity contribution in [2.75, 3.05) is 5.73 Å². The number of H-pyrrole nitrogens is 1. The van der Waals surface area contributed by atoms with E-state index in [1.165, 1.54) is 10.9 Å². The van der Waals surface area contributed by atoms with E-state index < -0.39 is 5.69 Å². The number of aromatic nitrogens is 5. The molecule has 0 aliphatic carbocycles. The summed E-state index contributed by atoms with van der Waals surface area (Å²) in [5.74, 6) is -0.0177. The van der Waals surface area contributed by atoms with Crippen LogP contribution in [0, 0.1) is 0 Å². The molecule has 2 heterocycles. The first-order valence-electron chi connectivity index (χ1n) is 3.92. The fraction of sp³-hybridized carbons (Fsp3) is 0.143. The summed E-state index contributed by atoms with van der Waals surface area (Å²) in [6.45, 7) is 0.360. The van der Waals surface area contributed by atoms with Crippen molar-refractivity contribution in [3.8, 4) is 0 Å². The summed E-state index contributed by atoms with van der Waals surface area (Å²) in [4.78, 5) is 25.2. The Balaban J connectivity index is 2.30. The van der Waals surface area contributed by atoms with Crippen LogP contribution in [0.25, 0.3) is 0 Å². The molecule has 2 aromatic heterocycles. The van der Waals surface area contributed by atoms with Gasteiger partial charge in [0.2, 0.25) is 5.95 Å². The van der Waals surface area contributed by atoms with Gasteiger partial charge in [-0.3, -0.25) is 4.57 Å². The van der Waals surface area contributed by atoms with Crippen LogP contribution in [-0.2, 0) is 6.54 Å². The number of hydrogen-bond donors (Lipinski definition) is 2. The number of hydrogen-bond acceptors (Lipinski definition) is 5. The molecule has 0 amide bonds. The number of nitrogen functional groups attached to an aromatic ring is 1. The lowest BCUT2D eigenvalue weighted by Crippen LogP contribution is -2.25. The van der Waals surface area contributed by atoms with Crippen LogP contribution in [0.1, 0.15) is 5.69 Å². The summed E-state index contributed by atoms with van der Waals surface area (Å²) in [6, 6.07) is 0. The maximum absolute atomic E-state index is 11.3. The number of nitrogens with zero attached hydrogens (tertiary/aromatic N) is 4. The van der Waals surface area contributed by atoms with Crippen molar-refractivity contribution < 1.29 is 0 Å². The average molecular weight is 192 g/mol. The second-order valence-corrected chi connectivity index (χ2v) is 2.70. The molecule has 0 saturated heterocycles. The van der Waals surface area contributed by atoms with E-state index in [2.05, 4.69) is 19.9 Å². The second-order valence-electron chi connectivity index (χ2n) is 2.70. The predicted molar refractivity (Wildman–Crippen MR) is 48.4 cm³/mol. The highest BCUT2D eigenvalue weighted by atomic mass is 16.1. The predicted octanol–water partition coefficient (Wildman–Crippen LogP) is -1.01. The van der Waals surface area contributed by atoms with Gasteiger partial charge in [0.1, 0.15) is 6.33 Å². The van der Waals surface area contributed by atoms with E-state index in [-0.39, 0.29) is 5.95 Å². The summed E-state index contributed by atoms with van der Waals surface area (Å²) in [5.41, 5.74) is 5.63. The van der Waals surface area contributed by atoms with Gasteiger partial charge in [-0.25, -0.2) is 14.8 Å². The smallest absolute Gasteiger partial charge is 0.352 e. The van der Waals surface area contributed by atoms with Crippen LogP contribution in [0.3, 0.4) is 0 Å². The fourth-order valence-corrected chi connectivity index (χ4v) is 1.03. The van der Waals surface area contributed by atoms with Crippen molar-refractivity contribution in [2.24, 2.45) is 0 Å². The molecule has 2 aromatic rings. The topological polar surface area (TPSA) is 102 Å². The Bertz CT molecular complexity index is 473. The molecule has 0 radical (unpaired) electrons. The van der Waals surface area contributed by atoms with Crippen molar-refractivity contribution in [3.05, 3.63) is 35.0 Å². The van der Waals surface area contributed by atoms with Crippen molar-refractivity contribution in [1.29, 1.82) is 0 Å². The Kier molecular flexibility index (Phi) is 1.98. The van der Waals surface area contributed by atoms with Gasteiger partial charge in [0.25, 0.3) is 0 Å². The lowest BCUT2D eigenvalue weighted by molar-refractivity contribution is 0.693. The Hall–Kier alpha value is -2.18. The minimum Gasteiger partial charge on any atom is -0.368 e. The zero-order chi connectivity index (χ0) is 9.97. The molecule has 0 aromatic carbocycles. The lowest BCUT2D eigenvalue weighted by Gasteiger charge is -2.00. The van der Waals surface area contributed by atoms with Gasteiger partial charge in [0.15, 0.2) is 0 Å². The maximum atomic E-state index is 11.3. The van der Waals surface area contributed by atoms with Gasteiger partial charge in [-0.15, -0.1) is 0 Å². The molecule has 0 aliphatic heterocycles. The van der Waals surface area contributed by atoms with Crippen LogP contribution in [0.2, 0.25) is 0 Å². The SMILES string of the molecule is Nc1ncn(Cc2cnc[nH]2)c(=O)n1. The summed E-state index contributed by atoms with van der Waals surface area (Å²) >= 11 is 0. The summed E-state index contributed by atoms with van der Waals surface area (Å²) in [5, 5.41) is 0.